The molecule has 140 valence electrons. The minimum absolute atomic E-state index is 0.207. The van der Waals surface area contributed by atoms with E-state index in [0.717, 1.165) is 5.56 Å². The van der Waals surface area contributed by atoms with Crippen molar-refractivity contribution in [2.24, 2.45) is 4.99 Å². The van der Waals surface area contributed by atoms with E-state index in [2.05, 4.69) is 10.3 Å². The van der Waals surface area contributed by atoms with Crippen molar-refractivity contribution in [1.82, 2.24) is 0 Å². The maximum absolute atomic E-state index is 12.3. The number of rotatable bonds is 5. The molecule has 1 amide bonds. The Bertz CT molecular complexity index is 1060. The zero-order valence-corrected chi connectivity index (χ0v) is 15.0. The lowest BCUT2D eigenvalue weighted by molar-refractivity contribution is -0.385. The van der Waals surface area contributed by atoms with Gasteiger partial charge in [-0.25, -0.2) is 0 Å². The Morgan fingerprint density at radius 1 is 1.11 bits per heavy atom. The minimum Gasteiger partial charge on any atom is -0.502 e. The van der Waals surface area contributed by atoms with E-state index < -0.39 is 10.7 Å². The molecule has 0 fully saturated rings. The maximum Gasteiger partial charge on any atom is 0.311 e. The molecule has 0 aliphatic heterocycles. The van der Waals surface area contributed by atoms with Gasteiger partial charge in [0, 0.05) is 29.1 Å². The predicted molar refractivity (Wildman–Crippen MR) is 108 cm³/mol. The zero-order valence-electron chi connectivity index (χ0n) is 15.0. The highest BCUT2D eigenvalue weighted by molar-refractivity contribution is 6.04. The van der Waals surface area contributed by atoms with Gasteiger partial charge < -0.3 is 10.4 Å². The maximum atomic E-state index is 12.3. The number of nitro benzene ring substituents is 1. The van der Waals surface area contributed by atoms with Crippen molar-refractivity contribution in [2.75, 3.05) is 5.32 Å². The molecule has 3 aromatic rings. The van der Waals surface area contributed by atoms with Crippen LogP contribution in [0.25, 0.3) is 0 Å². The van der Waals surface area contributed by atoms with Gasteiger partial charge in [-0.2, -0.15) is 0 Å². The lowest BCUT2D eigenvalue weighted by atomic mass is 10.1. The molecule has 0 heterocycles. The van der Waals surface area contributed by atoms with Crippen LogP contribution in [0.5, 0.6) is 5.75 Å². The predicted octanol–water partition coefficient (Wildman–Crippen LogP) is 4.61. The Hall–Kier alpha value is -4.00. The molecule has 28 heavy (non-hydrogen) atoms. The van der Waals surface area contributed by atoms with Gasteiger partial charge in [0.2, 0.25) is 5.75 Å². The summed E-state index contributed by atoms with van der Waals surface area (Å²) in [6.45, 7) is 1.84. The topological polar surface area (TPSA) is 105 Å². The number of carbonyl (C=O) groups excluding carboxylic acids is 1. The summed E-state index contributed by atoms with van der Waals surface area (Å²) < 4.78 is 0. The Morgan fingerprint density at radius 2 is 1.86 bits per heavy atom. The number of para-hydroxylation sites is 1. The van der Waals surface area contributed by atoms with E-state index >= 15 is 0 Å². The minimum atomic E-state index is -0.652. The molecule has 0 aliphatic rings. The first-order valence-corrected chi connectivity index (χ1v) is 8.43. The van der Waals surface area contributed by atoms with Crippen molar-refractivity contribution in [3.05, 3.63) is 93.5 Å². The molecule has 2 N–H and O–H groups in total. The third-order valence-corrected chi connectivity index (χ3v) is 4.09. The van der Waals surface area contributed by atoms with Crippen LogP contribution >= 0.6 is 0 Å². The van der Waals surface area contributed by atoms with Crippen LogP contribution in [0.2, 0.25) is 0 Å². The second-order valence-electron chi connectivity index (χ2n) is 6.05. The molecule has 7 nitrogen and oxygen atoms in total. The summed E-state index contributed by atoms with van der Waals surface area (Å²) in [7, 11) is 0. The number of anilines is 1. The molecule has 0 unspecified atom stereocenters. The SMILES string of the molecule is Cc1cc(N=Cc2cccc([N+](=O)[O-])c2O)ccc1NC(=O)c1ccccc1. The lowest BCUT2D eigenvalue weighted by Gasteiger charge is -2.09. The molecule has 0 bridgehead atoms. The fraction of sp³-hybridized carbons (Fsp3) is 0.0476. The van der Waals surface area contributed by atoms with Crippen molar-refractivity contribution in [1.29, 1.82) is 0 Å². The number of phenolic OH excluding ortho intramolecular Hbond substituents is 1. The van der Waals surface area contributed by atoms with Crippen LogP contribution in [0.1, 0.15) is 21.5 Å². The third-order valence-electron chi connectivity index (χ3n) is 4.09. The van der Waals surface area contributed by atoms with Gasteiger partial charge in [-0.05, 0) is 48.9 Å². The number of nitro groups is 1. The lowest BCUT2D eigenvalue weighted by Crippen LogP contribution is -2.12. The van der Waals surface area contributed by atoms with E-state index in [-0.39, 0.29) is 17.2 Å². The number of hydrogen-bond acceptors (Lipinski definition) is 5. The molecule has 0 spiro atoms. The number of hydrogen-bond donors (Lipinski definition) is 2. The first-order valence-electron chi connectivity index (χ1n) is 8.43. The molecule has 0 saturated carbocycles. The average Bonchev–Trinajstić information content (AvgIpc) is 2.69. The second-order valence-corrected chi connectivity index (χ2v) is 6.05. The summed E-state index contributed by atoms with van der Waals surface area (Å²) in [6.07, 6.45) is 1.36. The molecule has 0 atom stereocenters. The van der Waals surface area contributed by atoms with E-state index in [4.69, 9.17) is 0 Å². The van der Waals surface area contributed by atoms with E-state index in [1.54, 1.807) is 42.5 Å². The third kappa shape index (κ3) is 4.21. The Labute approximate surface area is 161 Å². The Morgan fingerprint density at radius 3 is 2.54 bits per heavy atom. The van der Waals surface area contributed by atoms with Crippen LogP contribution in [0.15, 0.2) is 71.7 Å². The number of carbonyl (C=O) groups is 1. The number of aromatic hydroxyl groups is 1. The molecule has 0 aliphatic carbocycles. The van der Waals surface area contributed by atoms with Crippen molar-refractivity contribution in [3.8, 4) is 5.75 Å². The molecule has 0 radical (unpaired) electrons. The molecule has 0 saturated heterocycles. The van der Waals surface area contributed by atoms with Gasteiger partial charge in [0.05, 0.1) is 10.6 Å². The summed E-state index contributed by atoms with van der Waals surface area (Å²) in [5, 5.41) is 23.7. The number of aryl methyl sites for hydroxylation is 1. The highest BCUT2D eigenvalue weighted by Crippen LogP contribution is 2.29. The molecular weight excluding hydrogens is 358 g/mol. The molecule has 7 heteroatoms. The van der Waals surface area contributed by atoms with Crippen LogP contribution in [-0.2, 0) is 0 Å². The van der Waals surface area contributed by atoms with Gasteiger partial charge in [-0.15, -0.1) is 0 Å². The molecule has 3 aromatic carbocycles. The van der Waals surface area contributed by atoms with Gasteiger partial charge in [0.25, 0.3) is 5.91 Å². The first-order chi connectivity index (χ1) is 13.5. The number of nitrogens with one attached hydrogen (secondary N) is 1. The molecule has 0 aromatic heterocycles. The van der Waals surface area contributed by atoms with Gasteiger partial charge in [-0.1, -0.05) is 24.3 Å². The monoisotopic (exact) mass is 375 g/mol. The van der Waals surface area contributed by atoms with Crippen LogP contribution < -0.4 is 5.32 Å². The Balaban J connectivity index is 1.78. The first kappa shape index (κ1) is 18.8. The number of phenols is 1. The van der Waals surface area contributed by atoms with Crippen molar-refractivity contribution in [2.45, 2.75) is 6.92 Å². The molecular formula is C21H17N3O4. The van der Waals surface area contributed by atoms with Crippen LogP contribution in [0.4, 0.5) is 17.1 Å². The van der Waals surface area contributed by atoms with Crippen molar-refractivity contribution < 1.29 is 14.8 Å². The van der Waals surface area contributed by atoms with E-state index in [1.165, 1.54) is 24.4 Å². The standard InChI is InChI=1S/C21H17N3O4/c1-14-12-17(22-13-16-8-5-9-19(20(16)25)24(27)28)10-11-18(14)23-21(26)15-6-3-2-4-7-15/h2-13,25H,1H3,(H,23,26). The van der Waals surface area contributed by atoms with Crippen molar-refractivity contribution >= 4 is 29.2 Å². The number of aliphatic imine (C=N–C) groups is 1. The van der Waals surface area contributed by atoms with E-state index in [0.29, 0.717) is 16.9 Å². The Kier molecular flexibility index (Phi) is 5.45. The summed E-state index contributed by atoms with van der Waals surface area (Å²) in [5.74, 6) is -0.638. The normalized spacial score (nSPS) is 10.8. The number of amides is 1. The second kappa shape index (κ2) is 8.13. The quantitative estimate of drug-likeness (QED) is 0.386. The van der Waals surface area contributed by atoms with Gasteiger partial charge >= 0.3 is 5.69 Å². The highest BCUT2D eigenvalue weighted by Gasteiger charge is 2.15. The highest BCUT2D eigenvalue weighted by atomic mass is 16.6. The summed E-state index contributed by atoms with van der Waals surface area (Å²) >= 11 is 0. The fourth-order valence-electron chi connectivity index (χ4n) is 2.60. The number of nitrogens with zero attached hydrogens (tertiary/aromatic N) is 2. The van der Waals surface area contributed by atoms with Crippen molar-refractivity contribution in [3.63, 3.8) is 0 Å². The largest absolute Gasteiger partial charge is 0.502 e. The summed E-state index contributed by atoms with van der Waals surface area (Å²) in [5.41, 5.74) is 2.48. The smallest absolute Gasteiger partial charge is 0.311 e. The summed E-state index contributed by atoms with van der Waals surface area (Å²) in [4.78, 5) is 26.8. The van der Waals surface area contributed by atoms with Crippen LogP contribution in [0.3, 0.4) is 0 Å². The average molecular weight is 375 g/mol. The fourth-order valence-corrected chi connectivity index (χ4v) is 2.60. The van der Waals surface area contributed by atoms with Gasteiger partial charge in [0.1, 0.15) is 0 Å². The van der Waals surface area contributed by atoms with Crippen LogP contribution in [-0.4, -0.2) is 22.2 Å². The number of benzene rings is 3. The zero-order chi connectivity index (χ0) is 20.1. The van der Waals surface area contributed by atoms with E-state index in [1.807, 2.05) is 13.0 Å². The van der Waals surface area contributed by atoms with E-state index in [9.17, 15) is 20.0 Å². The van der Waals surface area contributed by atoms with Gasteiger partial charge in [-0.3, -0.25) is 19.9 Å². The summed E-state index contributed by atoms with van der Waals surface area (Å²) in [6, 6.07) is 18.3. The van der Waals surface area contributed by atoms with Gasteiger partial charge in [0.15, 0.2) is 0 Å². The molecule has 3 rings (SSSR count). The van der Waals surface area contributed by atoms with Crippen LogP contribution in [0, 0.1) is 17.0 Å².